The minimum atomic E-state index is -0.910. The first kappa shape index (κ1) is 24.7. The normalized spacial score (nSPS) is 11.4. The molecule has 0 bridgehead atoms. The summed E-state index contributed by atoms with van der Waals surface area (Å²) >= 11 is 0. The third-order valence-corrected chi connectivity index (χ3v) is 5.68. The van der Waals surface area contributed by atoms with E-state index in [4.69, 9.17) is 4.74 Å². The topological polar surface area (TPSA) is 58.6 Å². The van der Waals surface area contributed by atoms with Crippen LogP contribution in [0.25, 0.3) is 0 Å². The molecule has 5 nitrogen and oxygen atoms in total. The minimum absolute atomic E-state index is 0.107. The third-order valence-electron chi connectivity index (χ3n) is 5.68. The second-order valence-electron chi connectivity index (χ2n) is 8.27. The number of amides is 2. The average molecular weight is 483 g/mol. The summed E-state index contributed by atoms with van der Waals surface area (Å²) in [7, 11) is 0. The van der Waals surface area contributed by atoms with Gasteiger partial charge in [-0.15, -0.1) is 0 Å². The van der Waals surface area contributed by atoms with Gasteiger partial charge in [0.05, 0.1) is 0 Å². The van der Waals surface area contributed by atoms with Crippen molar-refractivity contribution in [1.82, 2.24) is 10.2 Å². The molecule has 4 rings (SSSR count). The summed E-state index contributed by atoms with van der Waals surface area (Å²) in [5.74, 6) is -0.506. The zero-order chi connectivity index (χ0) is 25.2. The zero-order valence-electron chi connectivity index (χ0n) is 19.7. The van der Waals surface area contributed by atoms with Gasteiger partial charge in [0.2, 0.25) is 5.91 Å². The highest BCUT2D eigenvalue weighted by molar-refractivity contribution is 5.89. The highest BCUT2D eigenvalue weighted by Crippen LogP contribution is 2.25. The van der Waals surface area contributed by atoms with Crippen LogP contribution >= 0.6 is 0 Å². The first-order chi connectivity index (χ1) is 17.6. The van der Waals surface area contributed by atoms with Gasteiger partial charge >= 0.3 is 0 Å². The number of benzene rings is 4. The molecule has 0 saturated heterocycles. The molecule has 0 aliphatic heterocycles. The van der Waals surface area contributed by atoms with Crippen LogP contribution in [0.2, 0.25) is 0 Å². The lowest BCUT2D eigenvalue weighted by atomic mass is 10.0. The molecular weight excluding hydrogens is 455 g/mol. The molecule has 4 aromatic carbocycles. The lowest BCUT2D eigenvalue weighted by Crippen LogP contribution is -2.45. The van der Waals surface area contributed by atoms with Crippen LogP contribution in [0.4, 0.5) is 4.39 Å². The number of nitrogens with one attached hydrogen (secondary N) is 1. The monoisotopic (exact) mass is 482 g/mol. The van der Waals surface area contributed by atoms with E-state index in [-0.39, 0.29) is 30.8 Å². The number of hydrogen-bond acceptors (Lipinski definition) is 3. The molecule has 0 fully saturated rings. The summed E-state index contributed by atoms with van der Waals surface area (Å²) in [5.41, 5.74) is 2.31. The summed E-state index contributed by atoms with van der Waals surface area (Å²) < 4.78 is 19.3. The molecule has 1 atom stereocenters. The van der Waals surface area contributed by atoms with Gasteiger partial charge in [-0.05, 0) is 41.0 Å². The predicted octanol–water partition coefficient (Wildman–Crippen LogP) is 5.29. The Labute approximate surface area is 210 Å². The lowest BCUT2D eigenvalue weighted by molar-refractivity contribution is -0.143. The van der Waals surface area contributed by atoms with Crippen molar-refractivity contribution in [3.63, 3.8) is 0 Å². The Hall–Kier alpha value is -4.45. The lowest BCUT2D eigenvalue weighted by Gasteiger charge is -2.31. The van der Waals surface area contributed by atoms with Crippen LogP contribution in [0.3, 0.4) is 0 Å². The number of hydrogen-bond donors (Lipinski definition) is 1. The SMILES string of the molecule is O=C(NCc1ccccc1)[C@@H](c1ccccc1)N(Cc1ccc(F)cc1)C(=O)COc1ccccc1. The molecular formula is C30H27FN2O3. The summed E-state index contributed by atoms with van der Waals surface area (Å²) in [6.45, 7) is 0.179. The van der Waals surface area contributed by atoms with Crippen molar-refractivity contribution in [2.75, 3.05) is 6.61 Å². The zero-order valence-corrected chi connectivity index (χ0v) is 19.7. The molecule has 4 aromatic rings. The summed E-state index contributed by atoms with van der Waals surface area (Å²) in [6, 6.07) is 32.7. The van der Waals surface area contributed by atoms with E-state index in [1.165, 1.54) is 17.0 Å². The molecule has 0 aromatic heterocycles. The van der Waals surface area contributed by atoms with Gasteiger partial charge in [0, 0.05) is 13.1 Å². The molecule has 1 N–H and O–H groups in total. The van der Waals surface area contributed by atoms with Gasteiger partial charge in [-0.2, -0.15) is 0 Å². The second-order valence-corrected chi connectivity index (χ2v) is 8.27. The largest absolute Gasteiger partial charge is 0.484 e. The first-order valence-electron chi connectivity index (χ1n) is 11.7. The van der Waals surface area contributed by atoms with Crippen molar-refractivity contribution >= 4 is 11.8 Å². The molecule has 0 aliphatic rings. The number of carbonyl (C=O) groups excluding carboxylic acids is 2. The summed E-state index contributed by atoms with van der Waals surface area (Å²) in [4.78, 5) is 28.6. The Morgan fingerprint density at radius 2 is 1.33 bits per heavy atom. The van der Waals surface area contributed by atoms with Crippen LogP contribution in [-0.2, 0) is 22.7 Å². The highest BCUT2D eigenvalue weighted by Gasteiger charge is 2.31. The van der Waals surface area contributed by atoms with Gasteiger partial charge in [-0.3, -0.25) is 9.59 Å². The second kappa shape index (κ2) is 12.3. The van der Waals surface area contributed by atoms with Crippen molar-refractivity contribution in [3.8, 4) is 5.75 Å². The Balaban J connectivity index is 1.62. The van der Waals surface area contributed by atoms with E-state index in [9.17, 15) is 14.0 Å². The summed E-state index contributed by atoms with van der Waals surface area (Å²) in [6.07, 6.45) is 0. The molecule has 6 heteroatoms. The molecule has 0 radical (unpaired) electrons. The molecule has 36 heavy (non-hydrogen) atoms. The first-order valence-corrected chi connectivity index (χ1v) is 11.7. The number of para-hydroxylation sites is 1. The van der Waals surface area contributed by atoms with Crippen molar-refractivity contribution < 1.29 is 18.7 Å². The minimum Gasteiger partial charge on any atom is -0.484 e. The fourth-order valence-corrected chi connectivity index (χ4v) is 3.84. The van der Waals surface area contributed by atoms with Gasteiger partial charge in [-0.1, -0.05) is 91.0 Å². The number of halogens is 1. The highest BCUT2D eigenvalue weighted by atomic mass is 19.1. The van der Waals surface area contributed by atoms with Crippen LogP contribution in [0.5, 0.6) is 5.75 Å². The molecule has 2 amide bonds. The number of rotatable bonds is 10. The van der Waals surface area contributed by atoms with Gasteiger partial charge in [0.15, 0.2) is 6.61 Å². The maximum Gasteiger partial charge on any atom is 0.261 e. The molecule has 0 aliphatic carbocycles. The van der Waals surface area contributed by atoms with Crippen LogP contribution in [0.1, 0.15) is 22.7 Å². The molecule has 0 spiro atoms. The molecule has 0 heterocycles. The predicted molar refractivity (Wildman–Crippen MR) is 136 cm³/mol. The van der Waals surface area contributed by atoms with Crippen LogP contribution in [-0.4, -0.2) is 23.3 Å². The maximum atomic E-state index is 13.6. The third kappa shape index (κ3) is 6.79. The van der Waals surface area contributed by atoms with E-state index in [0.717, 1.165) is 5.56 Å². The van der Waals surface area contributed by atoms with Crippen LogP contribution in [0.15, 0.2) is 115 Å². The smallest absolute Gasteiger partial charge is 0.261 e. The van der Waals surface area contributed by atoms with E-state index >= 15 is 0 Å². The van der Waals surface area contributed by atoms with Gasteiger partial charge in [0.25, 0.3) is 5.91 Å². The maximum absolute atomic E-state index is 13.6. The van der Waals surface area contributed by atoms with Crippen molar-refractivity contribution in [2.45, 2.75) is 19.1 Å². The number of ether oxygens (including phenoxy) is 1. The Morgan fingerprint density at radius 1 is 0.750 bits per heavy atom. The molecule has 0 unspecified atom stereocenters. The van der Waals surface area contributed by atoms with Gasteiger partial charge in [-0.25, -0.2) is 4.39 Å². The van der Waals surface area contributed by atoms with Gasteiger partial charge in [0.1, 0.15) is 17.6 Å². The Kier molecular flexibility index (Phi) is 8.44. The van der Waals surface area contributed by atoms with E-state index in [0.29, 0.717) is 23.4 Å². The van der Waals surface area contributed by atoms with Crippen LogP contribution < -0.4 is 10.1 Å². The van der Waals surface area contributed by atoms with E-state index in [1.807, 2.05) is 78.9 Å². The fraction of sp³-hybridized carbons (Fsp3) is 0.133. The van der Waals surface area contributed by atoms with E-state index < -0.39 is 6.04 Å². The van der Waals surface area contributed by atoms with Gasteiger partial charge < -0.3 is 15.0 Å². The van der Waals surface area contributed by atoms with Crippen LogP contribution in [0, 0.1) is 5.82 Å². The molecule has 182 valence electrons. The standard InChI is InChI=1S/C30H27FN2O3/c31-26-18-16-24(17-19-26)21-33(28(34)22-36-27-14-8-3-9-15-27)29(25-12-6-2-7-13-25)30(35)32-20-23-10-4-1-5-11-23/h1-19,29H,20-22H2,(H,32,35)/t29-/m1/s1. The quantitative estimate of drug-likeness (QED) is 0.334. The van der Waals surface area contributed by atoms with Crippen molar-refractivity contribution in [1.29, 1.82) is 0 Å². The Morgan fingerprint density at radius 3 is 1.97 bits per heavy atom. The van der Waals surface area contributed by atoms with E-state index in [1.54, 1.807) is 24.3 Å². The molecule has 0 saturated carbocycles. The van der Waals surface area contributed by atoms with Crippen molar-refractivity contribution in [3.05, 3.63) is 138 Å². The number of carbonyl (C=O) groups is 2. The average Bonchev–Trinajstić information content (AvgIpc) is 2.93. The van der Waals surface area contributed by atoms with Crippen molar-refractivity contribution in [2.24, 2.45) is 0 Å². The fourth-order valence-electron chi connectivity index (χ4n) is 3.84. The van der Waals surface area contributed by atoms with E-state index in [2.05, 4.69) is 5.32 Å². The Bertz CT molecular complexity index is 1250. The summed E-state index contributed by atoms with van der Waals surface area (Å²) in [5, 5.41) is 2.97. The number of nitrogens with zero attached hydrogens (tertiary/aromatic N) is 1.